The quantitative estimate of drug-likeness (QED) is 0.408. The van der Waals surface area contributed by atoms with E-state index in [1.807, 2.05) is 29.2 Å². The van der Waals surface area contributed by atoms with Crippen molar-refractivity contribution in [3.05, 3.63) is 54.1 Å². The molecule has 3 aromatic rings. The lowest BCUT2D eigenvalue weighted by atomic mass is 9.86. The summed E-state index contributed by atoms with van der Waals surface area (Å²) in [7, 11) is 0. The van der Waals surface area contributed by atoms with E-state index in [0.29, 0.717) is 30.5 Å². The lowest BCUT2D eigenvalue weighted by molar-refractivity contribution is -0.133. The van der Waals surface area contributed by atoms with E-state index >= 15 is 0 Å². The second-order valence-electron chi connectivity index (χ2n) is 10.6. The lowest BCUT2D eigenvalue weighted by Crippen LogP contribution is -2.34. The molecule has 3 aliphatic carbocycles. The third-order valence-electron chi connectivity index (χ3n) is 7.77. The molecule has 1 N–H and O–H groups in total. The third-order valence-corrected chi connectivity index (χ3v) is 7.77. The van der Waals surface area contributed by atoms with Crippen molar-refractivity contribution >= 4 is 22.6 Å². The largest absolute Gasteiger partial charge is 0.367 e. The van der Waals surface area contributed by atoms with Crippen LogP contribution in [0.5, 0.6) is 0 Å². The van der Waals surface area contributed by atoms with Crippen LogP contribution in [0.2, 0.25) is 0 Å². The molecule has 2 aromatic carbocycles. The standard InChI is InChI=1S/C29H33FN4O/c30-26-12-6-20(21-7-13-27-25(16-21)29(32-18-31-27)33-23-8-9-23)15-22(26)17-34(24-10-11-24)28(35)14-19-4-2-1-3-5-19/h6-7,12-13,15-16,18-19,23-24H,1-5,8-11,14,17H2,(H,31,32,33). The average Bonchev–Trinajstić information content (AvgIpc) is 3.80. The molecule has 1 amide bonds. The van der Waals surface area contributed by atoms with Crippen molar-refractivity contribution in [2.75, 3.05) is 5.32 Å². The number of carbonyl (C=O) groups is 1. The van der Waals surface area contributed by atoms with Gasteiger partial charge in [0, 0.05) is 36.0 Å². The number of benzene rings is 2. The van der Waals surface area contributed by atoms with Crippen LogP contribution < -0.4 is 5.32 Å². The molecular formula is C29H33FN4O. The number of hydrogen-bond donors (Lipinski definition) is 1. The molecule has 6 rings (SSSR count). The van der Waals surface area contributed by atoms with E-state index in [-0.39, 0.29) is 17.8 Å². The van der Waals surface area contributed by atoms with Crippen LogP contribution in [0.1, 0.15) is 69.8 Å². The van der Waals surface area contributed by atoms with Crippen LogP contribution in [0.15, 0.2) is 42.7 Å². The molecule has 3 fully saturated rings. The fourth-order valence-corrected chi connectivity index (χ4v) is 5.39. The summed E-state index contributed by atoms with van der Waals surface area (Å²) in [6.07, 6.45) is 12.6. The summed E-state index contributed by atoms with van der Waals surface area (Å²) in [4.78, 5) is 24.0. The second-order valence-corrected chi connectivity index (χ2v) is 10.6. The van der Waals surface area contributed by atoms with Crippen molar-refractivity contribution in [3.63, 3.8) is 0 Å². The molecule has 35 heavy (non-hydrogen) atoms. The predicted molar refractivity (Wildman–Crippen MR) is 136 cm³/mol. The minimum Gasteiger partial charge on any atom is -0.367 e. The Labute approximate surface area is 206 Å². The minimum atomic E-state index is -0.245. The topological polar surface area (TPSA) is 58.1 Å². The summed E-state index contributed by atoms with van der Waals surface area (Å²) in [5.74, 6) is 1.30. The Bertz CT molecular complexity index is 1230. The number of carbonyl (C=O) groups excluding carboxylic acids is 1. The molecule has 1 heterocycles. The van der Waals surface area contributed by atoms with Gasteiger partial charge in [-0.05, 0) is 79.8 Å². The fourth-order valence-electron chi connectivity index (χ4n) is 5.39. The van der Waals surface area contributed by atoms with Gasteiger partial charge in [0.25, 0.3) is 0 Å². The number of fused-ring (bicyclic) bond motifs is 1. The third kappa shape index (κ3) is 5.16. The van der Waals surface area contributed by atoms with Gasteiger partial charge in [-0.3, -0.25) is 4.79 Å². The van der Waals surface area contributed by atoms with E-state index in [2.05, 4.69) is 21.4 Å². The van der Waals surface area contributed by atoms with Gasteiger partial charge in [0.15, 0.2) is 0 Å². The van der Waals surface area contributed by atoms with Crippen molar-refractivity contribution in [1.29, 1.82) is 0 Å². The maximum Gasteiger partial charge on any atom is 0.223 e. The van der Waals surface area contributed by atoms with Crippen LogP contribution in [0.3, 0.4) is 0 Å². The number of aromatic nitrogens is 2. The van der Waals surface area contributed by atoms with E-state index in [1.54, 1.807) is 6.33 Å². The molecule has 0 radical (unpaired) electrons. The first kappa shape index (κ1) is 22.4. The molecule has 0 saturated heterocycles. The van der Waals surface area contributed by atoms with Crippen LogP contribution in [-0.4, -0.2) is 32.9 Å². The van der Waals surface area contributed by atoms with Crippen molar-refractivity contribution in [1.82, 2.24) is 14.9 Å². The van der Waals surface area contributed by atoms with Gasteiger partial charge in [-0.2, -0.15) is 0 Å². The number of anilines is 1. The first-order chi connectivity index (χ1) is 17.1. The summed E-state index contributed by atoms with van der Waals surface area (Å²) in [5.41, 5.74) is 3.42. The first-order valence-electron chi connectivity index (χ1n) is 13.2. The Hall–Kier alpha value is -3.02. The molecule has 3 saturated carbocycles. The maximum atomic E-state index is 15.0. The Morgan fingerprint density at radius 2 is 1.71 bits per heavy atom. The average molecular weight is 473 g/mol. The van der Waals surface area contributed by atoms with E-state index in [1.165, 1.54) is 38.2 Å². The molecule has 0 unspecified atom stereocenters. The highest BCUT2D eigenvalue weighted by molar-refractivity contribution is 5.92. The number of nitrogens with zero attached hydrogens (tertiary/aromatic N) is 3. The Kier molecular flexibility index (Phi) is 6.13. The number of nitrogens with one attached hydrogen (secondary N) is 1. The lowest BCUT2D eigenvalue weighted by Gasteiger charge is -2.27. The molecule has 6 heteroatoms. The van der Waals surface area contributed by atoms with Gasteiger partial charge < -0.3 is 10.2 Å². The van der Waals surface area contributed by atoms with E-state index in [4.69, 9.17) is 0 Å². The number of halogens is 1. The zero-order valence-electron chi connectivity index (χ0n) is 20.2. The molecule has 0 bridgehead atoms. The Morgan fingerprint density at radius 3 is 2.49 bits per heavy atom. The summed E-state index contributed by atoms with van der Waals surface area (Å²) in [5, 5.41) is 4.47. The number of hydrogen-bond acceptors (Lipinski definition) is 4. The van der Waals surface area contributed by atoms with Crippen LogP contribution in [0.4, 0.5) is 10.2 Å². The SMILES string of the molecule is O=C(CC1CCCCC1)N(Cc1cc(-c2ccc3ncnc(NC4CC4)c3c2)ccc1F)C1CC1. The van der Waals surface area contributed by atoms with Gasteiger partial charge in [-0.1, -0.05) is 31.4 Å². The smallest absolute Gasteiger partial charge is 0.223 e. The molecule has 0 aliphatic heterocycles. The summed E-state index contributed by atoms with van der Waals surface area (Å²) in [6, 6.07) is 12.1. The molecule has 0 spiro atoms. The van der Waals surface area contributed by atoms with Crippen LogP contribution in [0.25, 0.3) is 22.0 Å². The Morgan fingerprint density at radius 1 is 0.943 bits per heavy atom. The number of amides is 1. The van der Waals surface area contributed by atoms with Crippen LogP contribution in [0, 0.1) is 11.7 Å². The van der Waals surface area contributed by atoms with E-state index < -0.39 is 0 Å². The summed E-state index contributed by atoms with van der Waals surface area (Å²) >= 11 is 0. The highest BCUT2D eigenvalue weighted by Gasteiger charge is 2.34. The van der Waals surface area contributed by atoms with Crippen LogP contribution >= 0.6 is 0 Å². The van der Waals surface area contributed by atoms with Crippen LogP contribution in [-0.2, 0) is 11.3 Å². The summed E-state index contributed by atoms with van der Waals surface area (Å²) < 4.78 is 15.0. The van der Waals surface area contributed by atoms with Gasteiger partial charge in [0.05, 0.1) is 5.52 Å². The Balaban J connectivity index is 1.25. The van der Waals surface area contributed by atoms with Crippen molar-refractivity contribution in [2.24, 2.45) is 5.92 Å². The van der Waals surface area contributed by atoms with Gasteiger partial charge >= 0.3 is 0 Å². The molecule has 5 nitrogen and oxygen atoms in total. The van der Waals surface area contributed by atoms with Crippen molar-refractivity contribution < 1.29 is 9.18 Å². The van der Waals surface area contributed by atoms with Gasteiger partial charge in [-0.25, -0.2) is 14.4 Å². The molecule has 1 aromatic heterocycles. The number of rotatable bonds is 8. The fraction of sp³-hybridized carbons (Fsp3) is 0.483. The monoisotopic (exact) mass is 472 g/mol. The zero-order chi connectivity index (χ0) is 23.8. The summed E-state index contributed by atoms with van der Waals surface area (Å²) in [6.45, 7) is 0.348. The molecule has 0 atom stereocenters. The second kappa shape index (κ2) is 9.56. The highest BCUT2D eigenvalue weighted by Crippen LogP contribution is 2.34. The highest BCUT2D eigenvalue weighted by atomic mass is 19.1. The first-order valence-corrected chi connectivity index (χ1v) is 13.2. The zero-order valence-corrected chi connectivity index (χ0v) is 20.2. The van der Waals surface area contributed by atoms with E-state index in [9.17, 15) is 9.18 Å². The molecular weight excluding hydrogens is 439 g/mol. The van der Waals surface area contributed by atoms with Crippen molar-refractivity contribution in [3.8, 4) is 11.1 Å². The van der Waals surface area contributed by atoms with Gasteiger partial charge in [-0.15, -0.1) is 0 Å². The predicted octanol–water partition coefficient (Wildman–Crippen LogP) is 6.47. The minimum absolute atomic E-state index is 0.197. The van der Waals surface area contributed by atoms with Crippen molar-refractivity contribution in [2.45, 2.75) is 82.8 Å². The van der Waals surface area contributed by atoms with Gasteiger partial charge in [0.1, 0.15) is 18.0 Å². The van der Waals surface area contributed by atoms with E-state index in [0.717, 1.165) is 53.5 Å². The molecule has 3 aliphatic rings. The maximum absolute atomic E-state index is 15.0. The molecule has 182 valence electrons. The normalized spacial score (nSPS) is 18.5. The van der Waals surface area contributed by atoms with Gasteiger partial charge in [0.2, 0.25) is 5.91 Å².